The first kappa shape index (κ1) is 11.9. The number of hydrogen-bond donors (Lipinski definition) is 1. The number of halogens is 1. The Labute approximate surface area is 113 Å². The van der Waals surface area contributed by atoms with Gasteiger partial charge in [0.2, 0.25) is 0 Å². The van der Waals surface area contributed by atoms with Gasteiger partial charge < -0.3 is 5.73 Å². The Morgan fingerprint density at radius 2 is 2.16 bits per heavy atom. The van der Waals surface area contributed by atoms with Gasteiger partial charge in [0.15, 0.2) is 5.13 Å². The lowest BCUT2D eigenvalue weighted by Gasteiger charge is -2.00. The standard InChI is InChI=1S/C13H11FN4S/c1-8-12(19-13(15)16-8)11-5-6-18(17-11)10-4-2-3-9(14)7-10/h2-7H,1H3,(H2,15,16). The fraction of sp³-hybridized carbons (Fsp3) is 0.0769. The fourth-order valence-electron chi connectivity index (χ4n) is 1.86. The Hall–Kier alpha value is -2.21. The maximum Gasteiger partial charge on any atom is 0.180 e. The third kappa shape index (κ3) is 2.22. The Balaban J connectivity index is 2.02. The molecule has 19 heavy (non-hydrogen) atoms. The van der Waals surface area contributed by atoms with Crippen LogP contribution in [0.2, 0.25) is 0 Å². The molecule has 0 spiro atoms. The van der Waals surface area contributed by atoms with Gasteiger partial charge in [0.05, 0.1) is 16.3 Å². The third-order valence-electron chi connectivity index (χ3n) is 2.71. The second-order valence-corrected chi connectivity index (χ2v) is 5.12. The van der Waals surface area contributed by atoms with Crippen molar-refractivity contribution < 1.29 is 4.39 Å². The van der Waals surface area contributed by atoms with Crippen LogP contribution in [0, 0.1) is 12.7 Å². The monoisotopic (exact) mass is 274 g/mol. The Morgan fingerprint density at radius 3 is 2.84 bits per heavy atom. The zero-order valence-corrected chi connectivity index (χ0v) is 11.0. The number of aromatic nitrogens is 3. The molecule has 0 atom stereocenters. The van der Waals surface area contributed by atoms with Gasteiger partial charge in [0.1, 0.15) is 11.5 Å². The van der Waals surface area contributed by atoms with Crippen LogP contribution in [0.5, 0.6) is 0 Å². The normalized spacial score (nSPS) is 10.8. The first-order valence-electron chi connectivity index (χ1n) is 5.68. The van der Waals surface area contributed by atoms with Crippen LogP contribution in [-0.2, 0) is 0 Å². The minimum absolute atomic E-state index is 0.284. The topological polar surface area (TPSA) is 56.7 Å². The van der Waals surface area contributed by atoms with Crippen LogP contribution in [-0.4, -0.2) is 14.8 Å². The van der Waals surface area contributed by atoms with E-state index in [0.29, 0.717) is 10.8 Å². The number of rotatable bonds is 2. The highest BCUT2D eigenvalue weighted by Gasteiger charge is 2.11. The molecule has 0 aliphatic carbocycles. The second kappa shape index (κ2) is 4.47. The lowest BCUT2D eigenvalue weighted by molar-refractivity contribution is 0.625. The van der Waals surface area contributed by atoms with Gasteiger partial charge in [-0.1, -0.05) is 17.4 Å². The maximum absolute atomic E-state index is 13.2. The second-order valence-electron chi connectivity index (χ2n) is 4.09. The highest BCUT2D eigenvalue weighted by Crippen LogP contribution is 2.30. The van der Waals surface area contributed by atoms with Crippen LogP contribution in [0.3, 0.4) is 0 Å². The van der Waals surface area contributed by atoms with Crippen molar-refractivity contribution in [3.8, 4) is 16.3 Å². The predicted molar refractivity (Wildman–Crippen MR) is 73.8 cm³/mol. The smallest absolute Gasteiger partial charge is 0.180 e. The highest BCUT2D eigenvalue weighted by molar-refractivity contribution is 7.18. The van der Waals surface area contributed by atoms with Crippen LogP contribution in [0.4, 0.5) is 9.52 Å². The molecule has 0 aliphatic heterocycles. The molecular weight excluding hydrogens is 263 g/mol. The van der Waals surface area contributed by atoms with Gasteiger partial charge in [0, 0.05) is 6.20 Å². The number of anilines is 1. The Kier molecular flexibility index (Phi) is 2.79. The van der Waals surface area contributed by atoms with Crippen LogP contribution < -0.4 is 5.73 Å². The Bertz CT molecular complexity index is 732. The maximum atomic E-state index is 13.2. The highest BCUT2D eigenvalue weighted by atomic mass is 32.1. The molecular formula is C13H11FN4S. The van der Waals surface area contributed by atoms with Crippen LogP contribution in [0.15, 0.2) is 36.5 Å². The summed E-state index contributed by atoms with van der Waals surface area (Å²) in [6.45, 7) is 1.89. The van der Waals surface area contributed by atoms with Crippen molar-refractivity contribution in [1.29, 1.82) is 0 Å². The minimum atomic E-state index is -0.284. The number of nitrogens with zero attached hydrogens (tertiary/aromatic N) is 3. The van der Waals surface area contributed by atoms with E-state index in [1.54, 1.807) is 23.0 Å². The van der Waals surface area contributed by atoms with Gasteiger partial charge in [-0.2, -0.15) is 5.10 Å². The lowest BCUT2D eigenvalue weighted by atomic mass is 10.3. The van der Waals surface area contributed by atoms with Crippen molar-refractivity contribution in [3.05, 3.63) is 48.0 Å². The molecule has 0 aliphatic rings. The first-order valence-corrected chi connectivity index (χ1v) is 6.50. The number of thiazole rings is 1. The molecule has 0 unspecified atom stereocenters. The van der Waals surface area contributed by atoms with Gasteiger partial charge in [-0.05, 0) is 31.2 Å². The van der Waals surface area contributed by atoms with Crippen LogP contribution >= 0.6 is 11.3 Å². The van der Waals surface area contributed by atoms with Crippen molar-refractivity contribution in [2.75, 3.05) is 5.73 Å². The summed E-state index contributed by atoms with van der Waals surface area (Å²) in [7, 11) is 0. The molecule has 3 rings (SSSR count). The molecule has 0 fully saturated rings. The molecule has 4 nitrogen and oxygen atoms in total. The molecule has 1 aromatic carbocycles. The van der Waals surface area contributed by atoms with E-state index in [1.807, 2.05) is 13.0 Å². The van der Waals surface area contributed by atoms with E-state index in [1.165, 1.54) is 23.5 Å². The summed E-state index contributed by atoms with van der Waals surface area (Å²) in [5, 5.41) is 4.95. The molecule has 2 heterocycles. The number of hydrogen-bond acceptors (Lipinski definition) is 4. The largest absolute Gasteiger partial charge is 0.375 e. The number of nitrogens with two attached hydrogens (primary N) is 1. The molecule has 0 saturated carbocycles. The quantitative estimate of drug-likeness (QED) is 0.781. The molecule has 2 aromatic heterocycles. The van der Waals surface area contributed by atoms with Crippen molar-refractivity contribution in [2.45, 2.75) is 6.92 Å². The molecule has 0 saturated heterocycles. The van der Waals surface area contributed by atoms with Crippen LogP contribution in [0.25, 0.3) is 16.3 Å². The first-order chi connectivity index (χ1) is 9.13. The van der Waals surface area contributed by atoms with Crippen molar-refractivity contribution in [3.63, 3.8) is 0 Å². The number of aryl methyl sites for hydroxylation is 1. The van der Waals surface area contributed by atoms with Gasteiger partial charge in [-0.3, -0.25) is 0 Å². The third-order valence-corrected chi connectivity index (χ3v) is 3.72. The zero-order chi connectivity index (χ0) is 13.4. The molecule has 96 valence electrons. The summed E-state index contributed by atoms with van der Waals surface area (Å²) >= 11 is 1.40. The van der Waals surface area contributed by atoms with E-state index in [-0.39, 0.29) is 5.82 Å². The molecule has 3 aromatic rings. The average molecular weight is 274 g/mol. The van der Waals surface area contributed by atoms with Crippen molar-refractivity contribution in [2.24, 2.45) is 0 Å². The summed E-state index contributed by atoms with van der Waals surface area (Å²) in [5.74, 6) is -0.284. The minimum Gasteiger partial charge on any atom is -0.375 e. The zero-order valence-electron chi connectivity index (χ0n) is 10.2. The van der Waals surface area contributed by atoms with Gasteiger partial charge in [-0.15, -0.1) is 0 Å². The predicted octanol–water partition coefficient (Wildman–Crippen LogP) is 3.03. The van der Waals surface area contributed by atoms with E-state index in [0.717, 1.165) is 16.3 Å². The summed E-state index contributed by atoms with van der Waals surface area (Å²) in [4.78, 5) is 5.11. The summed E-state index contributed by atoms with van der Waals surface area (Å²) in [5.41, 5.74) is 8.00. The van der Waals surface area contributed by atoms with Crippen LogP contribution in [0.1, 0.15) is 5.69 Å². The van der Waals surface area contributed by atoms with E-state index in [4.69, 9.17) is 5.73 Å². The fourth-order valence-corrected chi connectivity index (χ4v) is 2.66. The van der Waals surface area contributed by atoms with Gasteiger partial charge in [-0.25, -0.2) is 14.1 Å². The average Bonchev–Trinajstić information content (AvgIpc) is 2.96. The number of nitrogen functional groups attached to an aromatic ring is 1. The van der Waals surface area contributed by atoms with Gasteiger partial charge in [0.25, 0.3) is 0 Å². The Morgan fingerprint density at radius 1 is 1.32 bits per heavy atom. The van der Waals surface area contributed by atoms with Gasteiger partial charge >= 0.3 is 0 Å². The van der Waals surface area contributed by atoms with E-state index < -0.39 is 0 Å². The SMILES string of the molecule is Cc1nc(N)sc1-c1ccn(-c2cccc(F)c2)n1. The van der Waals surface area contributed by atoms with Crippen molar-refractivity contribution in [1.82, 2.24) is 14.8 Å². The molecule has 0 amide bonds. The molecule has 0 bridgehead atoms. The molecule has 0 radical (unpaired) electrons. The number of benzene rings is 1. The van der Waals surface area contributed by atoms with E-state index in [2.05, 4.69) is 10.1 Å². The van der Waals surface area contributed by atoms with E-state index >= 15 is 0 Å². The molecule has 2 N–H and O–H groups in total. The molecule has 6 heteroatoms. The summed E-state index contributed by atoms with van der Waals surface area (Å²) in [6, 6.07) is 8.16. The van der Waals surface area contributed by atoms with Crippen molar-refractivity contribution >= 4 is 16.5 Å². The van der Waals surface area contributed by atoms with E-state index in [9.17, 15) is 4.39 Å². The summed E-state index contributed by atoms with van der Waals surface area (Å²) < 4.78 is 14.8. The lowest BCUT2D eigenvalue weighted by Crippen LogP contribution is -1.95. The summed E-state index contributed by atoms with van der Waals surface area (Å²) in [6.07, 6.45) is 1.79.